The molecule has 0 spiro atoms. The number of rotatable bonds is 2. The summed E-state index contributed by atoms with van der Waals surface area (Å²) >= 11 is 0. The largest absolute Gasteiger partial charge is 0.503 e. The van der Waals surface area contributed by atoms with Crippen LogP contribution in [0.15, 0.2) is 0 Å². The highest BCUT2D eigenvalue weighted by atomic mass is 16.6. The minimum absolute atomic E-state index is 0.104. The number of carboxylic acid groups (broad SMARTS) is 2. The van der Waals surface area contributed by atoms with Gasteiger partial charge in [0.25, 0.3) is 0 Å². The van der Waals surface area contributed by atoms with Gasteiger partial charge in [0.2, 0.25) is 5.91 Å². The van der Waals surface area contributed by atoms with Crippen molar-refractivity contribution in [2.75, 3.05) is 6.54 Å². The number of amides is 1. The number of hydrogen-bond acceptors (Lipinski definition) is 2. The second-order valence-corrected chi connectivity index (χ2v) is 3.37. The van der Waals surface area contributed by atoms with Gasteiger partial charge in [-0.05, 0) is 18.8 Å². The molecule has 0 unspecified atom stereocenters. The van der Waals surface area contributed by atoms with Crippen molar-refractivity contribution >= 4 is 12.1 Å². The third-order valence-electron chi connectivity index (χ3n) is 2.11. The van der Waals surface area contributed by atoms with Gasteiger partial charge in [-0.25, -0.2) is 4.79 Å². The van der Waals surface area contributed by atoms with Crippen molar-refractivity contribution in [3.8, 4) is 0 Å². The topological polar surface area (TPSA) is 86.6 Å². The van der Waals surface area contributed by atoms with Crippen LogP contribution in [0.25, 0.3) is 0 Å². The Morgan fingerprint density at radius 2 is 1.71 bits per heavy atom. The Balaban J connectivity index is 0.000000364. The molecule has 1 fully saturated rings. The summed E-state index contributed by atoms with van der Waals surface area (Å²) in [6.07, 6.45) is 3.48. The third kappa shape index (κ3) is 8.83. The van der Waals surface area contributed by atoms with Crippen LogP contribution in [0.4, 0.5) is 4.79 Å². The highest BCUT2D eigenvalue weighted by Gasteiger charge is 2.14. The molecule has 0 bridgehead atoms. The summed E-state index contributed by atoms with van der Waals surface area (Å²) in [5.74, 6) is 0.871. The number of carbonyl (C=O) groups is 2. The molecule has 1 rings (SSSR count). The van der Waals surface area contributed by atoms with Crippen LogP contribution in [0.5, 0.6) is 0 Å². The average Bonchev–Trinajstić information content (AvgIpc) is 2.51. The molecule has 1 aliphatic carbocycles. The van der Waals surface area contributed by atoms with Crippen LogP contribution < -0.4 is 5.32 Å². The Hall–Kier alpha value is -1.26. The lowest BCUT2D eigenvalue weighted by Gasteiger charge is -2.07. The summed E-state index contributed by atoms with van der Waals surface area (Å²) in [7, 11) is 0. The molecule has 3 N–H and O–H groups in total. The lowest BCUT2D eigenvalue weighted by molar-refractivity contribution is -0.119. The summed E-state index contributed by atoms with van der Waals surface area (Å²) in [6, 6.07) is 0. The smallest absolute Gasteiger partial charge is 0.450 e. The lowest BCUT2D eigenvalue weighted by atomic mass is 10.1. The Labute approximate surface area is 83.1 Å². The Bertz CT molecular complexity index is 183. The first-order valence-corrected chi connectivity index (χ1v) is 4.68. The van der Waals surface area contributed by atoms with Gasteiger partial charge in [0.1, 0.15) is 0 Å². The Morgan fingerprint density at radius 1 is 1.29 bits per heavy atom. The summed E-state index contributed by atoms with van der Waals surface area (Å²) < 4.78 is 0. The zero-order valence-corrected chi connectivity index (χ0v) is 8.32. The maximum atomic E-state index is 10.5. The molecule has 0 saturated heterocycles. The van der Waals surface area contributed by atoms with Gasteiger partial charge in [0, 0.05) is 13.5 Å². The van der Waals surface area contributed by atoms with Gasteiger partial charge in [0.05, 0.1) is 0 Å². The fourth-order valence-corrected chi connectivity index (χ4v) is 1.50. The minimum atomic E-state index is -1.83. The summed E-state index contributed by atoms with van der Waals surface area (Å²) in [6.45, 7) is 2.48. The standard InChI is InChI=1S/C8H15NO.CH2O3/c1-7(10)9-6-8-4-2-3-5-8;2-1(3)4/h8H,2-6H2,1H3,(H,9,10);(H2,2,3,4). The van der Waals surface area contributed by atoms with E-state index in [1.54, 1.807) is 6.92 Å². The van der Waals surface area contributed by atoms with Crippen LogP contribution >= 0.6 is 0 Å². The highest BCUT2D eigenvalue weighted by Crippen LogP contribution is 2.23. The van der Waals surface area contributed by atoms with Gasteiger partial charge in [-0.2, -0.15) is 0 Å². The van der Waals surface area contributed by atoms with Gasteiger partial charge in [-0.3, -0.25) is 4.79 Å². The van der Waals surface area contributed by atoms with Crippen LogP contribution in [0.1, 0.15) is 32.6 Å². The van der Waals surface area contributed by atoms with Crippen molar-refractivity contribution in [3.05, 3.63) is 0 Å². The zero-order valence-electron chi connectivity index (χ0n) is 8.32. The molecule has 82 valence electrons. The van der Waals surface area contributed by atoms with Crippen LogP contribution in [0.3, 0.4) is 0 Å². The van der Waals surface area contributed by atoms with Crippen molar-refractivity contribution in [2.45, 2.75) is 32.6 Å². The Kier molecular flexibility index (Phi) is 6.53. The van der Waals surface area contributed by atoms with Gasteiger partial charge in [0.15, 0.2) is 0 Å². The van der Waals surface area contributed by atoms with E-state index in [9.17, 15) is 4.79 Å². The summed E-state index contributed by atoms with van der Waals surface area (Å²) in [5.41, 5.74) is 0. The first-order chi connectivity index (χ1) is 6.52. The normalized spacial score (nSPS) is 15.5. The second-order valence-electron chi connectivity index (χ2n) is 3.37. The van der Waals surface area contributed by atoms with E-state index in [4.69, 9.17) is 15.0 Å². The molecule has 1 saturated carbocycles. The second kappa shape index (κ2) is 7.17. The first-order valence-electron chi connectivity index (χ1n) is 4.68. The Morgan fingerprint density at radius 3 is 2.07 bits per heavy atom. The summed E-state index contributed by atoms with van der Waals surface area (Å²) in [4.78, 5) is 19.0. The number of hydrogen-bond donors (Lipinski definition) is 3. The van der Waals surface area contributed by atoms with E-state index in [1.165, 1.54) is 25.7 Å². The van der Waals surface area contributed by atoms with Crippen molar-refractivity contribution < 1.29 is 19.8 Å². The van der Waals surface area contributed by atoms with Gasteiger partial charge in [-0.1, -0.05) is 12.8 Å². The molecule has 1 aliphatic rings. The summed E-state index contributed by atoms with van der Waals surface area (Å²) in [5, 5.41) is 16.8. The molecule has 14 heavy (non-hydrogen) atoms. The molecule has 0 heterocycles. The lowest BCUT2D eigenvalue weighted by Crippen LogP contribution is -2.25. The zero-order chi connectivity index (χ0) is 11.0. The van der Waals surface area contributed by atoms with E-state index < -0.39 is 6.16 Å². The number of carbonyl (C=O) groups excluding carboxylic acids is 1. The fourth-order valence-electron chi connectivity index (χ4n) is 1.50. The van der Waals surface area contributed by atoms with Crippen molar-refractivity contribution in [3.63, 3.8) is 0 Å². The quantitative estimate of drug-likeness (QED) is 0.635. The fraction of sp³-hybridized carbons (Fsp3) is 0.778. The molecule has 5 nitrogen and oxygen atoms in total. The van der Waals surface area contributed by atoms with Gasteiger partial charge in [-0.15, -0.1) is 0 Å². The molecule has 1 amide bonds. The molecular formula is C9H17NO4. The van der Waals surface area contributed by atoms with E-state index in [-0.39, 0.29) is 5.91 Å². The molecule has 0 aromatic heterocycles. The van der Waals surface area contributed by atoms with Crippen molar-refractivity contribution in [1.82, 2.24) is 5.32 Å². The average molecular weight is 203 g/mol. The third-order valence-corrected chi connectivity index (χ3v) is 2.11. The molecule has 0 atom stereocenters. The van der Waals surface area contributed by atoms with E-state index in [0.29, 0.717) is 0 Å². The molecule has 0 aromatic carbocycles. The van der Waals surface area contributed by atoms with E-state index >= 15 is 0 Å². The maximum Gasteiger partial charge on any atom is 0.503 e. The van der Waals surface area contributed by atoms with Crippen LogP contribution in [-0.4, -0.2) is 28.8 Å². The predicted octanol–water partition coefficient (Wildman–Crippen LogP) is 1.54. The molecule has 0 aliphatic heterocycles. The molecule has 0 radical (unpaired) electrons. The van der Waals surface area contributed by atoms with Crippen LogP contribution in [0.2, 0.25) is 0 Å². The van der Waals surface area contributed by atoms with Gasteiger partial charge >= 0.3 is 6.16 Å². The van der Waals surface area contributed by atoms with Crippen molar-refractivity contribution in [2.24, 2.45) is 5.92 Å². The monoisotopic (exact) mass is 203 g/mol. The predicted molar refractivity (Wildman–Crippen MR) is 51.3 cm³/mol. The molecular weight excluding hydrogens is 186 g/mol. The molecule has 0 aromatic rings. The van der Waals surface area contributed by atoms with E-state index in [2.05, 4.69) is 5.32 Å². The first kappa shape index (κ1) is 12.7. The van der Waals surface area contributed by atoms with E-state index in [1.807, 2.05) is 0 Å². The molecule has 5 heteroatoms. The SMILES string of the molecule is CC(=O)NCC1CCCC1.O=C(O)O. The van der Waals surface area contributed by atoms with Gasteiger partial charge < -0.3 is 15.5 Å². The number of nitrogens with one attached hydrogen (secondary N) is 1. The van der Waals surface area contributed by atoms with Crippen LogP contribution in [-0.2, 0) is 4.79 Å². The van der Waals surface area contributed by atoms with E-state index in [0.717, 1.165) is 12.5 Å². The van der Waals surface area contributed by atoms with Crippen LogP contribution in [0, 0.1) is 5.92 Å². The minimum Gasteiger partial charge on any atom is -0.450 e. The van der Waals surface area contributed by atoms with Crippen molar-refractivity contribution in [1.29, 1.82) is 0 Å². The maximum absolute atomic E-state index is 10.5. The highest BCUT2D eigenvalue weighted by molar-refractivity contribution is 5.72.